The summed E-state index contributed by atoms with van der Waals surface area (Å²) in [7, 11) is 0. The summed E-state index contributed by atoms with van der Waals surface area (Å²) in [5, 5.41) is 2.52. The van der Waals surface area contributed by atoms with Gasteiger partial charge in [0.05, 0.1) is 39.3 Å². The number of fused-ring (bicyclic) bond motifs is 21. The van der Waals surface area contributed by atoms with Crippen LogP contribution in [-0.4, -0.2) is 24.9 Å². The summed E-state index contributed by atoms with van der Waals surface area (Å²) in [5.41, 5.74) is 30.1. The fourth-order valence-electron chi connectivity index (χ4n) is 17.5. The Morgan fingerprint density at radius 3 is 1.21 bits per heavy atom. The second kappa shape index (κ2) is 24.5. The topological polar surface area (TPSA) is 64.5 Å². The molecule has 0 saturated carbocycles. The molecule has 0 bridgehead atoms. The normalized spacial score (nSPS) is 14.4. The smallest absolute Gasteiger partial charge is 0.160 e. The first-order valence-electron chi connectivity index (χ1n) is 36.2. The Bertz CT molecular complexity index is 6620. The standard InChI is InChI=1S/C99H59N5S3/c1-2-20-61(21-3-1)87-59-89(85-35-16-17-51-100-85)104-97(102-87)70-25-19-23-64(53-70)67-46-50-94-84(56-67)99(81-34-12-15-38-92(81)107-94)79-32-10-6-28-73(79)74-47-43-65(54-82(74)99)60-39-41-62(42-40-60)86-58-88(68-44-48-76-75-29-7-13-36-90(75)105-95(76)57-68)103-96(101-86)69-24-18-22-63(52-69)66-45-49-93-83(55-66)98(80-33-11-14-37-91(80)106-93)77-30-8-4-26-71(77)72-27-5-9-31-78(72)98/h1-59H. The van der Waals surface area contributed by atoms with E-state index in [4.69, 9.17) is 24.9 Å². The van der Waals surface area contributed by atoms with Gasteiger partial charge in [-0.05, 0) is 191 Å². The molecule has 6 heterocycles. The van der Waals surface area contributed by atoms with Gasteiger partial charge in [-0.15, -0.1) is 11.3 Å². The summed E-state index contributed by atoms with van der Waals surface area (Å²) in [6.07, 6.45) is 1.82. The number of hydrogen-bond donors (Lipinski definition) is 0. The van der Waals surface area contributed by atoms with Crippen molar-refractivity contribution in [3.63, 3.8) is 0 Å². The number of aromatic nitrogens is 5. The second-order valence-electron chi connectivity index (χ2n) is 28.1. The average molecular weight is 1410 g/mol. The predicted octanol–water partition coefficient (Wildman–Crippen LogP) is 25.7. The van der Waals surface area contributed by atoms with Gasteiger partial charge < -0.3 is 0 Å². The Morgan fingerprint density at radius 1 is 0.206 bits per heavy atom. The minimum atomic E-state index is -0.636. The van der Waals surface area contributed by atoms with Gasteiger partial charge in [-0.2, -0.15) is 0 Å². The summed E-state index contributed by atoms with van der Waals surface area (Å²) in [4.78, 5) is 31.3. The molecular formula is C99H59N5S3. The quantitative estimate of drug-likeness (QED) is 0.143. The van der Waals surface area contributed by atoms with Gasteiger partial charge in [0.25, 0.3) is 0 Å². The highest BCUT2D eigenvalue weighted by Crippen LogP contribution is 2.65. The molecule has 8 heteroatoms. The summed E-state index contributed by atoms with van der Waals surface area (Å²) in [6.45, 7) is 0. The number of rotatable bonds is 9. The molecule has 14 aromatic carbocycles. The monoisotopic (exact) mass is 1410 g/mol. The van der Waals surface area contributed by atoms with E-state index in [0.717, 1.165) is 89.7 Å². The van der Waals surface area contributed by atoms with E-state index in [1.54, 1.807) is 0 Å². The zero-order valence-electron chi connectivity index (χ0n) is 57.5. The molecule has 18 aromatic rings. The highest BCUT2D eigenvalue weighted by molar-refractivity contribution is 7.99. The van der Waals surface area contributed by atoms with Gasteiger partial charge >= 0.3 is 0 Å². The molecule has 2 aliphatic heterocycles. The molecule has 0 saturated heterocycles. The number of hydrogen-bond acceptors (Lipinski definition) is 8. The van der Waals surface area contributed by atoms with E-state index >= 15 is 0 Å². The Kier molecular flexibility index (Phi) is 14.1. The first kappa shape index (κ1) is 61.8. The number of pyridine rings is 1. The molecule has 1 unspecified atom stereocenters. The van der Waals surface area contributed by atoms with Gasteiger partial charge in [-0.25, -0.2) is 19.9 Å². The van der Waals surface area contributed by atoms with Crippen molar-refractivity contribution in [2.75, 3.05) is 0 Å². The number of thiophene rings is 1. The molecule has 0 radical (unpaired) electrons. The first-order chi connectivity index (χ1) is 53.0. The van der Waals surface area contributed by atoms with Crippen LogP contribution < -0.4 is 0 Å². The third kappa shape index (κ3) is 9.69. The van der Waals surface area contributed by atoms with Crippen molar-refractivity contribution in [3.8, 4) is 124 Å². The molecule has 0 fully saturated rings. The Labute approximate surface area is 631 Å². The number of benzene rings is 14. The summed E-state index contributed by atoms with van der Waals surface area (Å²) in [5.74, 6) is 1.31. The highest BCUT2D eigenvalue weighted by atomic mass is 32.2. The fraction of sp³-hybridized carbons (Fsp3) is 0.0202. The van der Waals surface area contributed by atoms with Crippen LogP contribution in [0.1, 0.15) is 44.5 Å². The van der Waals surface area contributed by atoms with Gasteiger partial charge in [0.15, 0.2) is 11.6 Å². The minimum Gasteiger partial charge on any atom is -0.255 e. The lowest BCUT2D eigenvalue weighted by molar-refractivity contribution is 0.723. The lowest BCUT2D eigenvalue weighted by atomic mass is 9.66. The van der Waals surface area contributed by atoms with E-state index < -0.39 is 10.8 Å². The van der Waals surface area contributed by atoms with Gasteiger partial charge in [-0.3, -0.25) is 4.98 Å². The van der Waals surface area contributed by atoms with Crippen LogP contribution in [0.4, 0.5) is 0 Å². The van der Waals surface area contributed by atoms with E-state index in [1.807, 2.05) is 83.5 Å². The second-order valence-corrected chi connectivity index (χ2v) is 31.3. The predicted molar refractivity (Wildman–Crippen MR) is 440 cm³/mol. The number of nitrogens with zero attached hydrogens (tertiary/aromatic N) is 5. The molecule has 0 N–H and O–H groups in total. The third-order valence-electron chi connectivity index (χ3n) is 22.3. The molecular weight excluding hydrogens is 1360 g/mol. The lowest BCUT2D eigenvalue weighted by Gasteiger charge is -2.40. The van der Waals surface area contributed by atoms with Crippen LogP contribution in [0.25, 0.3) is 144 Å². The van der Waals surface area contributed by atoms with Crippen molar-refractivity contribution in [2.24, 2.45) is 0 Å². The molecule has 498 valence electrons. The van der Waals surface area contributed by atoms with Crippen LogP contribution in [0.2, 0.25) is 0 Å². The average Bonchev–Trinajstić information content (AvgIpc) is 1.56. The molecule has 4 aromatic heterocycles. The van der Waals surface area contributed by atoms with Crippen molar-refractivity contribution in [1.29, 1.82) is 0 Å². The molecule has 5 nitrogen and oxygen atoms in total. The SMILES string of the molecule is c1ccc(-c2cc(-c3ccccn3)nc(-c3cccc(-c4ccc5c(c4)C4(c6ccccc6S5)c5ccccc5-c5ccc(-c6ccc(-c7cc(-c8ccc9c(c8)sc8ccccc89)nc(-c8cccc(-c9ccc%10c(c9)C9(c%11ccccc%11S%10)c%10ccccc%10-c%10ccccc%109)c8)n7)cc6)cc54)c3)n2)cc1. The Morgan fingerprint density at radius 2 is 0.607 bits per heavy atom. The third-order valence-corrected chi connectivity index (χ3v) is 25.8. The van der Waals surface area contributed by atoms with Crippen LogP contribution in [-0.2, 0) is 10.8 Å². The summed E-state index contributed by atoms with van der Waals surface area (Å²) < 4.78 is 2.50. The summed E-state index contributed by atoms with van der Waals surface area (Å²) in [6, 6.07) is 129. The molecule has 22 rings (SSSR count). The van der Waals surface area contributed by atoms with Crippen LogP contribution in [0.5, 0.6) is 0 Å². The Balaban J connectivity index is 0.651. The Hall–Kier alpha value is -12.7. The minimum absolute atomic E-state index is 0.486. The van der Waals surface area contributed by atoms with Gasteiger partial charge in [0.2, 0.25) is 0 Å². The molecule has 0 amide bonds. The lowest BCUT2D eigenvalue weighted by Crippen LogP contribution is -2.32. The molecule has 1 atom stereocenters. The van der Waals surface area contributed by atoms with Gasteiger partial charge in [0, 0.05) is 73.8 Å². The van der Waals surface area contributed by atoms with Crippen LogP contribution in [0, 0.1) is 0 Å². The molecule has 4 aliphatic rings. The van der Waals surface area contributed by atoms with Crippen LogP contribution in [0.15, 0.2) is 378 Å². The van der Waals surface area contributed by atoms with E-state index in [1.165, 1.54) is 107 Å². The van der Waals surface area contributed by atoms with E-state index in [2.05, 4.69) is 309 Å². The maximum Gasteiger partial charge on any atom is 0.160 e. The van der Waals surface area contributed by atoms with Crippen molar-refractivity contribution in [2.45, 2.75) is 30.4 Å². The van der Waals surface area contributed by atoms with Crippen LogP contribution in [0.3, 0.4) is 0 Å². The largest absolute Gasteiger partial charge is 0.255 e. The highest BCUT2D eigenvalue weighted by Gasteiger charge is 2.52. The summed E-state index contributed by atoms with van der Waals surface area (Å²) >= 11 is 5.56. The first-order valence-corrected chi connectivity index (χ1v) is 38.7. The maximum absolute atomic E-state index is 5.56. The maximum atomic E-state index is 5.56. The molecule has 107 heavy (non-hydrogen) atoms. The van der Waals surface area contributed by atoms with Gasteiger partial charge in [0.1, 0.15) is 0 Å². The van der Waals surface area contributed by atoms with Gasteiger partial charge in [-0.1, -0.05) is 284 Å². The zero-order chi connectivity index (χ0) is 70.3. The van der Waals surface area contributed by atoms with Crippen molar-refractivity contribution >= 4 is 55.0 Å². The molecule has 2 aliphatic carbocycles. The molecule has 2 spiro atoms. The van der Waals surface area contributed by atoms with Crippen molar-refractivity contribution in [1.82, 2.24) is 24.9 Å². The van der Waals surface area contributed by atoms with Crippen LogP contribution >= 0.6 is 34.9 Å². The fourth-order valence-corrected chi connectivity index (χ4v) is 21.0. The van der Waals surface area contributed by atoms with E-state index in [0.29, 0.717) is 11.6 Å². The van der Waals surface area contributed by atoms with E-state index in [-0.39, 0.29) is 0 Å². The van der Waals surface area contributed by atoms with Crippen molar-refractivity contribution < 1.29 is 0 Å². The van der Waals surface area contributed by atoms with Crippen molar-refractivity contribution in [3.05, 3.63) is 403 Å². The van der Waals surface area contributed by atoms with E-state index in [9.17, 15) is 0 Å². The zero-order valence-corrected chi connectivity index (χ0v) is 60.0.